The van der Waals surface area contributed by atoms with Crippen molar-refractivity contribution in [2.24, 2.45) is 5.92 Å². The van der Waals surface area contributed by atoms with E-state index < -0.39 is 0 Å². The Morgan fingerprint density at radius 1 is 1.32 bits per heavy atom. The number of amides is 1. The minimum atomic E-state index is -0.0106. The summed E-state index contributed by atoms with van der Waals surface area (Å²) in [5.74, 6) is 0.238. The molecule has 110 valence electrons. The molecular weight excluding hydrogens is 244 g/mol. The fraction of sp³-hybridized carbons (Fsp3) is 0.929. The van der Waals surface area contributed by atoms with E-state index in [0.29, 0.717) is 19.3 Å². The molecule has 2 fully saturated rings. The maximum absolute atomic E-state index is 12.5. The van der Waals surface area contributed by atoms with Gasteiger partial charge in [-0.15, -0.1) is 0 Å². The summed E-state index contributed by atoms with van der Waals surface area (Å²) in [6, 6.07) is 0.183. The Morgan fingerprint density at radius 3 is 2.68 bits per heavy atom. The SMILES string of the molecule is CCNC1COCC1C(=O)N1CCC(OCC)CC1. The van der Waals surface area contributed by atoms with Crippen LogP contribution in [0.4, 0.5) is 0 Å². The van der Waals surface area contributed by atoms with Gasteiger partial charge in [-0.25, -0.2) is 0 Å². The van der Waals surface area contributed by atoms with Crippen molar-refractivity contribution in [3.8, 4) is 0 Å². The van der Waals surface area contributed by atoms with Crippen LogP contribution in [-0.4, -0.2) is 62.4 Å². The Labute approximate surface area is 115 Å². The third-order valence-electron chi connectivity index (χ3n) is 4.02. The van der Waals surface area contributed by atoms with Crippen LogP contribution < -0.4 is 5.32 Å². The number of likely N-dealkylation sites (tertiary alicyclic amines) is 1. The standard InChI is InChI=1S/C14H26N2O3/c1-3-15-13-10-18-9-12(13)14(17)16-7-5-11(6-8-16)19-4-2/h11-13,15H,3-10H2,1-2H3. The molecule has 5 nitrogen and oxygen atoms in total. The van der Waals surface area contributed by atoms with E-state index in [9.17, 15) is 4.79 Å². The first-order valence-corrected chi connectivity index (χ1v) is 7.47. The van der Waals surface area contributed by atoms with Gasteiger partial charge in [0.05, 0.1) is 25.2 Å². The van der Waals surface area contributed by atoms with Crippen LogP contribution >= 0.6 is 0 Å². The molecule has 2 atom stereocenters. The number of nitrogens with zero attached hydrogens (tertiary/aromatic N) is 1. The van der Waals surface area contributed by atoms with Crippen LogP contribution in [0.1, 0.15) is 26.7 Å². The second-order valence-corrected chi connectivity index (χ2v) is 5.29. The largest absolute Gasteiger partial charge is 0.379 e. The molecule has 2 unspecified atom stereocenters. The van der Waals surface area contributed by atoms with E-state index in [1.807, 2.05) is 11.8 Å². The van der Waals surface area contributed by atoms with E-state index in [1.54, 1.807) is 0 Å². The van der Waals surface area contributed by atoms with Gasteiger partial charge in [0.1, 0.15) is 0 Å². The minimum Gasteiger partial charge on any atom is -0.379 e. The fourth-order valence-electron chi connectivity index (χ4n) is 2.97. The van der Waals surface area contributed by atoms with Crippen LogP contribution in [0.2, 0.25) is 0 Å². The van der Waals surface area contributed by atoms with E-state index in [0.717, 1.165) is 39.1 Å². The average Bonchev–Trinajstić information content (AvgIpc) is 2.88. The molecule has 0 radical (unpaired) electrons. The summed E-state index contributed by atoms with van der Waals surface area (Å²) < 4.78 is 11.1. The van der Waals surface area contributed by atoms with Crippen LogP contribution in [-0.2, 0) is 14.3 Å². The van der Waals surface area contributed by atoms with E-state index in [1.165, 1.54) is 0 Å². The van der Waals surface area contributed by atoms with Gasteiger partial charge in [0.15, 0.2) is 0 Å². The van der Waals surface area contributed by atoms with Crippen molar-refractivity contribution in [2.45, 2.75) is 38.8 Å². The Morgan fingerprint density at radius 2 is 2.05 bits per heavy atom. The van der Waals surface area contributed by atoms with Gasteiger partial charge in [-0.05, 0) is 26.3 Å². The van der Waals surface area contributed by atoms with E-state index in [4.69, 9.17) is 9.47 Å². The molecule has 0 aromatic rings. The van der Waals surface area contributed by atoms with Gasteiger partial charge >= 0.3 is 0 Å². The van der Waals surface area contributed by atoms with Crippen molar-refractivity contribution >= 4 is 5.91 Å². The molecule has 0 spiro atoms. The average molecular weight is 270 g/mol. The summed E-state index contributed by atoms with van der Waals surface area (Å²) in [7, 11) is 0. The number of likely N-dealkylation sites (N-methyl/N-ethyl adjacent to an activating group) is 1. The number of rotatable bonds is 5. The van der Waals surface area contributed by atoms with E-state index >= 15 is 0 Å². The van der Waals surface area contributed by atoms with Gasteiger partial charge in [0, 0.05) is 25.7 Å². The normalized spacial score (nSPS) is 28.8. The maximum Gasteiger partial charge on any atom is 0.229 e. The lowest BCUT2D eigenvalue weighted by atomic mass is 9.99. The lowest BCUT2D eigenvalue weighted by Crippen LogP contribution is -2.49. The predicted molar refractivity (Wildman–Crippen MR) is 73.0 cm³/mol. The van der Waals surface area contributed by atoms with Crippen molar-refractivity contribution < 1.29 is 14.3 Å². The van der Waals surface area contributed by atoms with Crippen LogP contribution in [0.15, 0.2) is 0 Å². The molecule has 2 saturated heterocycles. The van der Waals surface area contributed by atoms with Crippen LogP contribution in [0.25, 0.3) is 0 Å². The molecule has 5 heteroatoms. The summed E-state index contributed by atoms with van der Waals surface area (Å²) in [6.07, 6.45) is 2.25. The number of hydrogen-bond donors (Lipinski definition) is 1. The van der Waals surface area contributed by atoms with Crippen LogP contribution in [0, 0.1) is 5.92 Å². The van der Waals surface area contributed by atoms with Gasteiger partial charge in [-0.1, -0.05) is 6.92 Å². The number of piperidine rings is 1. The van der Waals surface area contributed by atoms with E-state index in [-0.39, 0.29) is 17.9 Å². The van der Waals surface area contributed by atoms with Crippen molar-refractivity contribution in [3.05, 3.63) is 0 Å². The number of hydrogen-bond acceptors (Lipinski definition) is 4. The molecule has 0 saturated carbocycles. The van der Waals surface area contributed by atoms with Gasteiger partial charge < -0.3 is 19.7 Å². The Kier molecular flexibility index (Phi) is 5.60. The summed E-state index contributed by atoms with van der Waals surface area (Å²) in [5, 5.41) is 3.35. The summed E-state index contributed by atoms with van der Waals surface area (Å²) in [4.78, 5) is 14.5. The molecule has 2 heterocycles. The molecule has 2 aliphatic rings. The highest BCUT2D eigenvalue weighted by molar-refractivity contribution is 5.80. The topological polar surface area (TPSA) is 50.8 Å². The lowest BCUT2D eigenvalue weighted by molar-refractivity contribution is -0.138. The number of carbonyl (C=O) groups excluding carboxylic acids is 1. The molecule has 0 bridgehead atoms. The molecule has 0 aromatic carbocycles. The Hall–Kier alpha value is -0.650. The van der Waals surface area contributed by atoms with Crippen molar-refractivity contribution in [2.75, 3.05) is 39.5 Å². The molecule has 1 N–H and O–H groups in total. The number of ether oxygens (including phenoxy) is 2. The Balaban J connectivity index is 1.83. The molecule has 2 aliphatic heterocycles. The second kappa shape index (κ2) is 7.22. The smallest absolute Gasteiger partial charge is 0.229 e. The number of nitrogens with one attached hydrogen (secondary N) is 1. The highest BCUT2D eigenvalue weighted by atomic mass is 16.5. The molecular formula is C14H26N2O3. The highest BCUT2D eigenvalue weighted by Gasteiger charge is 2.37. The van der Waals surface area contributed by atoms with Gasteiger partial charge in [0.2, 0.25) is 5.91 Å². The summed E-state index contributed by atoms with van der Waals surface area (Å²) in [5.41, 5.74) is 0. The van der Waals surface area contributed by atoms with E-state index in [2.05, 4.69) is 12.2 Å². The van der Waals surface area contributed by atoms with Gasteiger partial charge in [-0.3, -0.25) is 4.79 Å². The first-order chi connectivity index (χ1) is 9.26. The zero-order valence-corrected chi connectivity index (χ0v) is 12.1. The molecule has 0 aliphatic carbocycles. The zero-order valence-electron chi connectivity index (χ0n) is 12.1. The molecule has 0 aromatic heterocycles. The monoisotopic (exact) mass is 270 g/mol. The number of carbonyl (C=O) groups is 1. The third-order valence-corrected chi connectivity index (χ3v) is 4.02. The lowest BCUT2D eigenvalue weighted by Gasteiger charge is -2.34. The zero-order chi connectivity index (χ0) is 13.7. The Bertz CT molecular complexity index is 290. The molecule has 2 rings (SSSR count). The van der Waals surface area contributed by atoms with Crippen molar-refractivity contribution in [1.82, 2.24) is 10.2 Å². The quantitative estimate of drug-likeness (QED) is 0.796. The maximum atomic E-state index is 12.5. The predicted octanol–water partition coefficient (Wildman–Crippen LogP) is 0.638. The molecule has 19 heavy (non-hydrogen) atoms. The third kappa shape index (κ3) is 3.68. The van der Waals surface area contributed by atoms with Gasteiger partial charge in [-0.2, -0.15) is 0 Å². The summed E-state index contributed by atoms with van der Waals surface area (Å²) >= 11 is 0. The first-order valence-electron chi connectivity index (χ1n) is 7.47. The molecule has 1 amide bonds. The van der Waals surface area contributed by atoms with Gasteiger partial charge in [0.25, 0.3) is 0 Å². The van der Waals surface area contributed by atoms with Crippen LogP contribution in [0.3, 0.4) is 0 Å². The minimum absolute atomic E-state index is 0.0106. The first kappa shape index (κ1) is 14.8. The van der Waals surface area contributed by atoms with Crippen LogP contribution in [0.5, 0.6) is 0 Å². The summed E-state index contributed by atoms with van der Waals surface area (Å²) in [6.45, 7) is 8.57. The fourth-order valence-corrected chi connectivity index (χ4v) is 2.97. The highest BCUT2D eigenvalue weighted by Crippen LogP contribution is 2.21. The van der Waals surface area contributed by atoms with Crippen molar-refractivity contribution in [1.29, 1.82) is 0 Å². The second-order valence-electron chi connectivity index (χ2n) is 5.29. The van der Waals surface area contributed by atoms with Crippen molar-refractivity contribution in [3.63, 3.8) is 0 Å².